The molecule has 1 saturated heterocycles. The summed E-state index contributed by atoms with van der Waals surface area (Å²) in [6, 6.07) is 15.8. The van der Waals surface area contributed by atoms with Crippen molar-refractivity contribution >= 4 is 33.4 Å². The van der Waals surface area contributed by atoms with Gasteiger partial charge in [0.05, 0.1) is 6.26 Å². The van der Waals surface area contributed by atoms with E-state index >= 15 is 0 Å². The van der Waals surface area contributed by atoms with Crippen LogP contribution in [-0.4, -0.2) is 51.1 Å². The third-order valence-corrected chi connectivity index (χ3v) is 6.54. The van der Waals surface area contributed by atoms with Gasteiger partial charge in [-0.1, -0.05) is 38.1 Å². The van der Waals surface area contributed by atoms with Gasteiger partial charge in [-0.25, -0.2) is 8.42 Å². The van der Waals surface area contributed by atoms with Gasteiger partial charge in [0.25, 0.3) is 0 Å². The summed E-state index contributed by atoms with van der Waals surface area (Å²) in [4.78, 5) is 14.4. The van der Waals surface area contributed by atoms with Crippen LogP contribution in [0.4, 0.5) is 11.4 Å². The van der Waals surface area contributed by atoms with Crippen molar-refractivity contribution in [2.24, 2.45) is 0 Å². The van der Waals surface area contributed by atoms with E-state index < -0.39 is 10.0 Å². The smallest absolute Gasteiger partial charge is 0.248 e. The lowest BCUT2D eigenvalue weighted by Crippen LogP contribution is -2.48. The molecule has 1 aliphatic heterocycles. The number of nitrogens with zero attached hydrogens (tertiary/aromatic N) is 2. The molecule has 7 heteroatoms. The number of carbonyl (C=O) groups excluding carboxylic acids is 1. The standard InChI is InChI=1S/C23H29N3O3S/c1-18(2)20-7-4-19(5-8-20)6-13-23(27)24-21-9-11-22(12-10-21)25-14-16-26(17-15-25)30(3,28)29/h4-13,18H,14-17H2,1-3H3,(H,24,27)/b13-6+. The number of sulfonamides is 1. The van der Waals surface area contributed by atoms with Crippen LogP contribution in [0.3, 0.4) is 0 Å². The molecule has 1 amide bonds. The Morgan fingerprint density at radius 2 is 1.57 bits per heavy atom. The zero-order chi connectivity index (χ0) is 21.7. The number of rotatable bonds is 6. The third kappa shape index (κ3) is 5.93. The Bertz CT molecular complexity index is 989. The van der Waals surface area contributed by atoms with Gasteiger partial charge in [-0.3, -0.25) is 4.79 Å². The van der Waals surface area contributed by atoms with Crippen LogP contribution in [0, 0.1) is 0 Å². The average Bonchev–Trinajstić information content (AvgIpc) is 2.72. The van der Waals surface area contributed by atoms with Crippen LogP contribution < -0.4 is 10.2 Å². The fourth-order valence-electron chi connectivity index (χ4n) is 3.38. The molecule has 1 N–H and O–H groups in total. The fraction of sp³-hybridized carbons (Fsp3) is 0.348. The molecule has 1 aliphatic rings. The van der Waals surface area contributed by atoms with E-state index in [1.165, 1.54) is 22.2 Å². The van der Waals surface area contributed by atoms with E-state index in [-0.39, 0.29) is 5.91 Å². The second kappa shape index (κ2) is 9.45. The molecule has 0 unspecified atom stereocenters. The maximum absolute atomic E-state index is 12.2. The van der Waals surface area contributed by atoms with E-state index in [1.54, 1.807) is 6.08 Å². The highest BCUT2D eigenvalue weighted by molar-refractivity contribution is 7.88. The molecule has 0 bridgehead atoms. The predicted octanol–water partition coefficient (Wildman–Crippen LogP) is 3.54. The predicted molar refractivity (Wildman–Crippen MR) is 123 cm³/mol. The monoisotopic (exact) mass is 427 g/mol. The van der Waals surface area contributed by atoms with Crippen LogP contribution in [0.5, 0.6) is 0 Å². The highest BCUT2D eigenvalue weighted by Crippen LogP contribution is 2.20. The molecule has 0 saturated carbocycles. The molecule has 2 aromatic carbocycles. The maximum atomic E-state index is 12.2. The molecular weight excluding hydrogens is 398 g/mol. The lowest BCUT2D eigenvalue weighted by atomic mass is 10.0. The Balaban J connectivity index is 1.53. The average molecular weight is 428 g/mol. The molecular formula is C23H29N3O3S. The molecule has 2 aromatic rings. The number of piperazine rings is 1. The summed E-state index contributed by atoms with van der Waals surface area (Å²) < 4.78 is 24.7. The van der Waals surface area contributed by atoms with E-state index in [2.05, 4.69) is 36.2 Å². The largest absolute Gasteiger partial charge is 0.369 e. The minimum atomic E-state index is -3.13. The van der Waals surface area contributed by atoms with Gasteiger partial charge in [0.2, 0.25) is 15.9 Å². The van der Waals surface area contributed by atoms with Crippen molar-refractivity contribution in [1.82, 2.24) is 4.31 Å². The molecule has 6 nitrogen and oxygen atoms in total. The third-order valence-electron chi connectivity index (χ3n) is 5.24. The Morgan fingerprint density at radius 1 is 0.967 bits per heavy atom. The zero-order valence-electron chi connectivity index (χ0n) is 17.7. The second-order valence-electron chi connectivity index (χ2n) is 7.84. The Morgan fingerprint density at radius 3 is 2.10 bits per heavy atom. The molecule has 0 atom stereocenters. The number of hydrogen-bond acceptors (Lipinski definition) is 4. The van der Waals surface area contributed by atoms with Crippen molar-refractivity contribution in [3.63, 3.8) is 0 Å². The normalized spacial score (nSPS) is 15.7. The molecule has 1 fully saturated rings. The second-order valence-corrected chi connectivity index (χ2v) is 9.82. The lowest BCUT2D eigenvalue weighted by Gasteiger charge is -2.34. The molecule has 0 aromatic heterocycles. The van der Waals surface area contributed by atoms with Crippen molar-refractivity contribution in [2.45, 2.75) is 19.8 Å². The number of nitrogens with one attached hydrogen (secondary N) is 1. The molecule has 160 valence electrons. The first-order chi connectivity index (χ1) is 14.2. The fourth-order valence-corrected chi connectivity index (χ4v) is 4.21. The quantitative estimate of drug-likeness (QED) is 0.716. The van der Waals surface area contributed by atoms with Gasteiger partial charge in [-0.15, -0.1) is 0 Å². The Kier molecular flexibility index (Phi) is 6.95. The number of carbonyl (C=O) groups is 1. The van der Waals surface area contributed by atoms with Crippen LogP contribution in [0.25, 0.3) is 6.08 Å². The van der Waals surface area contributed by atoms with Gasteiger partial charge in [0, 0.05) is 43.6 Å². The molecule has 0 aliphatic carbocycles. The van der Waals surface area contributed by atoms with Crippen LogP contribution in [0.15, 0.2) is 54.6 Å². The van der Waals surface area contributed by atoms with Gasteiger partial charge in [-0.2, -0.15) is 4.31 Å². The van der Waals surface area contributed by atoms with Crippen molar-refractivity contribution < 1.29 is 13.2 Å². The van der Waals surface area contributed by atoms with E-state index in [1.807, 2.05) is 36.4 Å². The van der Waals surface area contributed by atoms with Crippen LogP contribution in [0.2, 0.25) is 0 Å². The van der Waals surface area contributed by atoms with E-state index in [9.17, 15) is 13.2 Å². The summed E-state index contributed by atoms with van der Waals surface area (Å²) in [7, 11) is -3.13. The summed E-state index contributed by atoms with van der Waals surface area (Å²) in [6.07, 6.45) is 4.58. The molecule has 0 spiro atoms. The first-order valence-corrected chi connectivity index (χ1v) is 12.0. The summed E-state index contributed by atoms with van der Waals surface area (Å²) in [5.74, 6) is 0.301. The van der Waals surface area contributed by atoms with Crippen molar-refractivity contribution in [2.75, 3.05) is 42.7 Å². The molecule has 1 heterocycles. The topological polar surface area (TPSA) is 69.7 Å². The Labute approximate surface area is 179 Å². The number of amides is 1. The zero-order valence-corrected chi connectivity index (χ0v) is 18.5. The van der Waals surface area contributed by atoms with Gasteiger partial charge >= 0.3 is 0 Å². The Hall–Kier alpha value is -2.64. The number of hydrogen-bond donors (Lipinski definition) is 1. The minimum Gasteiger partial charge on any atom is -0.369 e. The van der Waals surface area contributed by atoms with Crippen molar-refractivity contribution in [1.29, 1.82) is 0 Å². The highest BCUT2D eigenvalue weighted by atomic mass is 32.2. The lowest BCUT2D eigenvalue weighted by molar-refractivity contribution is -0.111. The number of anilines is 2. The molecule has 30 heavy (non-hydrogen) atoms. The van der Waals surface area contributed by atoms with E-state index in [4.69, 9.17) is 0 Å². The van der Waals surface area contributed by atoms with Crippen LogP contribution in [-0.2, 0) is 14.8 Å². The molecule has 0 radical (unpaired) electrons. The maximum Gasteiger partial charge on any atom is 0.248 e. The van der Waals surface area contributed by atoms with Gasteiger partial charge in [0.1, 0.15) is 0 Å². The van der Waals surface area contributed by atoms with Crippen molar-refractivity contribution in [3.8, 4) is 0 Å². The van der Waals surface area contributed by atoms with Crippen LogP contribution in [0.1, 0.15) is 30.9 Å². The van der Waals surface area contributed by atoms with Crippen LogP contribution >= 0.6 is 0 Å². The first kappa shape index (κ1) is 22.1. The van der Waals surface area contributed by atoms with Gasteiger partial charge in [-0.05, 0) is 47.4 Å². The van der Waals surface area contributed by atoms with E-state index in [0.717, 1.165) is 16.9 Å². The first-order valence-electron chi connectivity index (χ1n) is 10.1. The SMILES string of the molecule is CC(C)c1ccc(/C=C/C(=O)Nc2ccc(N3CCN(S(C)(=O)=O)CC3)cc2)cc1. The summed E-state index contributed by atoms with van der Waals surface area (Å²) in [5, 5.41) is 2.87. The van der Waals surface area contributed by atoms with Gasteiger partial charge < -0.3 is 10.2 Å². The summed E-state index contributed by atoms with van der Waals surface area (Å²) >= 11 is 0. The van der Waals surface area contributed by atoms with E-state index in [0.29, 0.717) is 32.1 Å². The van der Waals surface area contributed by atoms with Gasteiger partial charge in [0.15, 0.2) is 0 Å². The van der Waals surface area contributed by atoms with Crippen molar-refractivity contribution in [3.05, 3.63) is 65.7 Å². The number of benzene rings is 2. The highest BCUT2D eigenvalue weighted by Gasteiger charge is 2.23. The summed E-state index contributed by atoms with van der Waals surface area (Å²) in [5.41, 5.74) is 3.99. The summed E-state index contributed by atoms with van der Waals surface area (Å²) in [6.45, 7) is 6.58. The molecule has 3 rings (SSSR count). The minimum absolute atomic E-state index is 0.183.